The minimum Gasteiger partial charge on any atom is -0.389 e. The van der Waals surface area contributed by atoms with Gasteiger partial charge in [0.2, 0.25) is 0 Å². The van der Waals surface area contributed by atoms with Crippen molar-refractivity contribution in [1.29, 1.82) is 0 Å². The summed E-state index contributed by atoms with van der Waals surface area (Å²) >= 11 is 0. The predicted molar refractivity (Wildman–Crippen MR) is 69.9 cm³/mol. The van der Waals surface area contributed by atoms with Crippen molar-refractivity contribution in [3.8, 4) is 0 Å². The van der Waals surface area contributed by atoms with E-state index in [-0.39, 0.29) is 11.5 Å². The monoisotopic (exact) mass is 263 g/mol. The zero-order valence-corrected chi connectivity index (χ0v) is 11.8. The largest absolute Gasteiger partial charge is 0.389 e. The normalized spacial score (nSPS) is 20.0. The second kappa shape index (κ2) is 6.16. The van der Waals surface area contributed by atoms with Gasteiger partial charge in [-0.3, -0.25) is 0 Å². The van der Waals surface area contributed by atoms with E-state index in [0.29, 0.717) is 13.0 Å². The number of sulfone groups is 1. The third kappa shape index (κ3) is 5.36. The van der Waals surface area contributed by atoms with Gasteiger partial charge in [0.25, 0.3) is 0 Å². The Morgan fingerprint density at radius 3 is 2.41 bits per heavy atom. The maximum absolute atomic E-state index is 11.3. The van der Waals surface area contributed by atoms with Crippen molar-refractivity contribution in [2.45, 2.75) is 44.6 Å². The number of hydrogen-bond donors (Lipinski definition) is 1. The molecule has 1 fully saturated rings. The molecule has 0 spiro atoms. The van der Waals surface area contributed by atoms with Crippen molar-refractivity contribution in [3.05, 3.63) is 0 Å². The second-order valence-corrected chi connectivity index (χ2v) is 7.73. The fourth-order valence-electron chi connectivity index (χ4n) is 2.47. The number of aliphatic hydroxyl groups is 1. The zero-order chi connectivity index (χ0) is 12.9. The van der Waals surface area contributed by atoms with Crippen LogP contribution in [0.1, 0.15) is 39.0 Å². The molecule has 17 heavy (non-hydrogen) atoms. The van der Waals surface area contributed by atoms with Crippen LogP contribution in [0.2, 0.25) is 0 Å². The van der Waals surface area contributed by atoms with Crippen molar-refractivity contribution < 1.29 is 13.5 Å². The maximum Gasteiger partial charge on any atom is 0.150 e. The standard InChI is InChI=1S/C12H25NO3S/c1-3-17(15,16)10-6-9-13(2)11-12(14)7-4-5-8-12/h14H,3-11H2,1-2H3. The third-order valence-electron chi connectivity index (χ3n) is 3.53. The fourth-order valence-corrected chi connectivity index (χ4v) is 3.33. The molecule has 1 rings (SSSR count). The summed E-state index contributed by atoms with van der Waals surface area (Å²) in [7, 11) is -0.894. The van der Waals surface area contributed by atoms with Crippen LogP contribution in [0.15, 0.2) is 0 Å². The van der Waals surface area contributed by atoms with E-state index in [0.717, 1.165) is 32.2 Å². The van der Waals surface area contributed by atoms with E-state index in [1.54, 1.807) is 6.92 Å². The van der Waals surface area contributed by atoms with Crippen LogP contribution in [-0.4, -0.2) is 55.7 Å². The average Bonchev–Trinajstić information content (AvgIpc) is 2.64. The lowest BCUT2D eigenvalue weighted by atomic mass is 10.0. The van der Waals surface area contributed by atoms with Crippen LogP contribution < -0.4 is 0 Å². The molecule has 0 aromatic carbocycles. The molecule has 0 radical (unpaired) electrons. The summed E-state index contributed by atoms with van der Waals surface area (Å²) in [6.07, 6.45) is 4.63. The molecule has 102 valence electrons. The van der Waals surface area contributed by atoms with Gasteiger partial charge in [0.05, 0.1) is 11.4 Å². The van der Waals surface area contributed by atoms with Crippen LogP contribution in [0.3, 0.4) is 0 Å². The molecule has 1 aliphatic rings. The highest BCUT2D eigenvalue weighted by Gasteiger charge is 2.31. The van der Waals surface area contributed by atoms with Gasteiger partial charge in [-0.05, 0) is 32.9 Å². The van der Waals surface area contributed by atoms with Crippen LogP contribution in [-0.2, 0) is 9.84 Å². The van der Waals surface area contributed by atoms with E-state index < -0.39 is 15.4 Å². The van der Waals surface area contributed by atoms with Crippen molar-refractivity contribution >= 4 is 9.84 Å². The highest BCUT2D eigenvalue weighted by Crippen LogP contribution is 2.29. The Kier molecular flexibility index (Phi) is 5.41. The quantitative estimate of drug-likeness (QED) is 0.746. The van der Waals surface area contributed by atoms with E-state index >= 15 is 0 Å². The van der Waals surface area contributed by atoms with Crippen molar-refractivity contribution in [3.63, 3.8) is 0 Å². The summed E-state index contributed by atoms with van der Waals surface area (Å²) < 4.78 is 22.6. The van der Waals surface area contributed by atoms with Crippen molar-refractivity contribution in [2.24, 2.45) is 0 Å². The molecule has 0 bridgehead atoms. The Morgan fingerprint density at radius 1 is 1.29 bits per heavy atom. The van der Waals surface area contributed by atoms with Gasteiger partial charge in [0.1, 0.15) is 9.84 Å². The highest BCUT2D eigenvalue weighted by molar-refractivity contribution is 7.91. The number of nitrogens with zero attached hydrogens (tertiary/aromatic N) is 1. The van der Waals surface area contributed by atoms with Gasteiger partial charge < -0.3 is 10.0 Å². The lowest BCUT2D eigenvalue weighted by molar-refractivity contribution is 0.0165. The van der Waals surface area contributed by atoms with Gasteiger partial charge in [-0.2, -0.15) is 0 Å². The van der Waals surface area contributed by atoms with Gasteiger partial charge in [-0.15, -0.1) is 0 Å². The summed E-state index contributed by atoms with van der Waals surface area (Å²) in [5, 5.41) is 10.2. The average molecular weight is 263 g/mol. The molecule has 0 saturated heterocycles. The summed E-state index contributed by atoms with van der Waals surface area (Å²) in [4.78, 5) is 2.05. The van der Waals surface area contributed by atoms with Gasteiger partial charge in [0, 0.05) is 12.3 Å². The van der Waals surface area contributed by atoms with E-state index in [1.165, 1.54) is 0 Å². The summed E-state index contributed by atoms with van der Waals surface area (Å²) in [6, 6.07) is 0. The first-order valence-electron chi connectivity index (χ1n) is 6.48. The molecule has 0 aromatic heterocycles. The zero-order valence-electron chi connectivity index (χ0n) is 11.0. The van der Waals surface area contributed by atoms with Gasteiger partial charge in [-0.1, -0.05) is 19.8 Å². The molecule has 0 aliphatic heterocycles. The van der Waals surface area contributed by atoms with E-state index in [4.69, 9.17) is 0 Å². The first kappa shape index (κ1) is 14.9. The smallest absolute Gasteiger partial charge is 0.150 e. The second-order valence-electron chi connectivity index (χ2n) is 5.26. The number of rotatable bonds is 7. The van der Waals surface area contributed by atoms with Gasteiger partial charge in [-0.25, -0.2) is 8.42 Å². The summed E-state index contributed by atoms with van der Waals surface area (Å²) in [6.45, 7) is 3.08. The fraction of sp³-hybridized carbons (Fsp3) is 1.00. The first-order chi connectivity index (χ1) is 7.87. The molecule has 1 saturated carbocycles. The molecule has 0 unspecified atom stereocenters. The van der Waals surface area contributed by atoms with Crippen LogP contribution in [0.4, 0.5) is 0 Å². The van der Waals surface area contributed by atoms with Crippen LogP contribution >= 0.6 is 0 Å². The van der Waals surface area contributed by atoms with Gasteiger partial charge >= 0.3 is 0 Å². The molecule has 4 nitrogen and oxygen atoms in total. The number of likely N-dealkylation sites (N-methyl/N-ethyl adjacent to an activating group) is 1. The van der Waals surface area contributed by atoms with Gasteiger partial charge in [0.15, 0.2) is 0 Å². The Labute approximate surface area is 105 Å². The summed E-state index contributed by atoms with van der Waals surface area (Å²) in [5.74, 6) is 0.479. The first-order valence-corrected chi connectivity index (χ1v) is 8.30. The topological polar surface area (TPSA) is 57.6 Å². The minimum absolute atomic E-state index is 0.223. The molecule has 1 N–H and O–H groups in total. The molecular weight excluding hydrogens is 238 g/mol. The van der Waals surface area contributed by atoms with Crippen LogP contribution in [0.5, 0.6) is 0 Å². The Hall–Kier alpha value is -0.130. The Bertz CT molecular complexity index is 321. The Morgan fingerprint density at radius 2 is 1.88 bits per heavy atom. The molecule has 1 aliphatic carbocycles. The van der Waals surface area contributed by atoms with E-state index in [2.05, 4.69) is 4.90 Å². The predicted octanol–water partition coefficient (Wildman–Crippen LogP) is 1.05. The third-order valence-corrected chi connectivity index (χ3v) is 5.32. The van der Waals surface area contributed by atoms with E-state index in [1.807, 2.05) is 7.05 Å². The maximum atomic E-state index is 11.3. The molecule has 0 atom stereocenters. The molecule has 0 amide bonds. The van der Waals surface area contributed by atoms with Crippen LogP contribution in [0.25, 0.3) is 0 Å². The number of hydrogen-bond acceptors (Lipinski definition) is 4. The minimum atomic E-state index is -2.85. The molecule has 5 heteroatoms. The summed E-state index contributed by atoms with van der Waals surface area (Å²) in [5.41, 5.74) is -0.529. The lowest BCUT2D eigenvalue weighted by Gasteiger charge is -2.28. The molecule has 0 heterocycles. The Balaban J connectivity index is 2.23. The molecular formula is C12H25NO3S. The van der Waals surface area contributed by atoms with Crippen LogP contribution in [0, 0.1) is 0 Å². The highest BCUT2D eigenvalue weighted by atomic mass is 32.2. The van der Waals surface area contributed by atoms with Crippen molar-refractivity contribution in [2.75, 3.05) is 31.6 Å². The van der Waals surface area contributed by atoms with Crippen molar-refractivity contribution in [1.82, 2.24) is 4.90 Å². The molecule has 0 aromatic rings. The lowest BCUT2D eigenvalue weighted by Crippen LogP contribution is -2.39. The van der Waals surface area contributed by atoms with E-state index in [9.17, 15) is 13.5 Å². The SMILES string of the molecule is CCS(=O)(=O)CCCN(C)CC1(O)CCCC1.